The minimum Gasteiger partial charge on any atom is -0.349 e. The highest BCUT2D eigenvalue weighted by Crippen LogP contribution is 2.28. The van der Waals surface area contributed by atoms with Gasteiger partial charge in [-0.2, -0.15) is 0 Å². The molecule has 0 saturated heterocycles. The molecule has 2 aromatic rings. The number of imide groups is 1. The van der Waals surface area contributed by atoms with Gasteiger partial charge in [-0.05, 0) is 36.2 Å². The van der Waals surface area contributed by atoms with Crippen LogP contribution >= 0.6 is 23.2 Å². The molecule has 4 nitrogen and oxygen atoms in total. The van der Waals surface area contributed by atoms with Crippen molar-refractivity contribution in [3.05, 3.63) is 75.4 Å². The highest BCUT2D eigenvalue weighted by molar-refractivity contribution is 6.48. The van der Waals surface area contributed by atoms with Crippen LogP contribution < -0.4 is 5.32 Å². The molecule has 2 aromatic carbocycles. The lowest BCUT2D eigenvalue weighted by molar-refractivity contribution is -0.138. The van der Waals surface area contributed by atoms with Gasteiger partial charge in [-0.3, -0.25) is 14.5 Å². The fourth-order valence-corrected chi connectivity index (χ4v) is 2.77. The normalized spacial score (nSPS) is 14.5. The second-order valence-electron chi connectivity index (χ2n) is 5.45. The molecule has 0 aromatic heterocycles. The predicted octanol–water partition coefficient (Wildman–Crippen LogP) is 4.08. The number of hydrogen-bond acceptors (Lipinski definition) is 3. The standard InChI is InChI=1S/C18H14Cl2N2O2/c1-11-4-2-3-5-14(11)21-16-15(20)17(23)22(18(16)24)10-12-6-8-13(19)9-7-12/h2-9,21H,10H2,1H3. The van der Waals surface area contributed by atoms with Crippen molar-refractivity contribution >= 4 is 40.7 Å². The van der Waals surface area contributed by atoms with Gasteiger partial charge in [-0.25, -0.2) is 0 Å². The van der Waals surface area contributed by atoms with Gasteiger partial charge >= 0.3 is 0 Å². The number of para-hydroxylation sites is 1. The van der Waals surface area contributed by atoms with E-state index in [1.807, 2.05) is 31.2 Å². The summed E-state index contributed by atoms with van der Waals surface area (Å²) in [4.78, 5) is 26.0. The molecule has 2 amide bonds. The van der Waals surface area contributed by atoms with Crippen molar-refractivity contribution in [2.45, 2.75) is 13.5 Å². The number of rotatable bonds is 4. The second kappa shape index (κ2) is 6.67. The van der Waals surface area contributed by atoms with E-state index in [1.54, 1.807) is 24.3 Å². The number of nitrogens with zero attached hydrogens (tertiary/aromatic N) is 1. The van der Waals surface area contributed by atoms with Crippen LogP contribution in [0.5, 0.6) is 0 Å². The molecule has 0 unspecified atom stereocenters. The Hall–Kier alpha value is -2.30. The van der Waals surface area contributed by atoms with E-state index in [0.29, 0.717) is 5.02 Å². The molecule has 0 spiro atoms. The number of carbonyl (C=O) groups excluding carboxylic acids is 2. The van der Waals surface area contributed by atoms with E-state index in [1.165, 1.54) is 0 Å². The van der Waals surface area contributed by atoms with Gasteiger partial charge in [0.15, 0.2) is 0 Å². The zero-order valence-electron chi connectivity index (χ0n) is 12.8. The van der Waals surface area contributed by atoms with Crippen molar-refractivity contribution in [3.63, 3.8) is 0 Å². The number of aryl methyl sites for hydroxylation is 1. The summed E-state index contributed by atoms with van der Waals surface area (Å²) in [5.41, 5.74) is 2.58. The van der Waals surface area contributed by atoms with Crippen LogP contribution in [0.15, 0.2) is 59.3 Å². The van der Waals surface area contributed by atoms with Crippen LogP contribution in [-0.2, 0) is 16.1 Å². The zero-order valence-corrected chi connectivity index (χ0v) is 14.4. The van der Waals surface area contributed by atoms with Gasteiger partial charge in [0.25, 0.3) is 11.8 Å². The average molecular weight is 361 g/mol. The Kier molecular flexibility index (Phi) is 4.60. The molecule has 6 heteroatoms. The zero-order chi connectivity index (χ0) is 17.3. The number of benzene rings is 2. The van der Waals surface area contributed by atoms with E-state index < -0.39 is 11.8 Å². The maximum atomic E-state index is 12.6. The Morgan fingerprint density at radius 3 is 2.29 bits per heavy atom. The molecule has 0 atom stereocenters. The summed E-state index contributed by atoms with van der Waals surface area (Å²) >= 11 is 11.9. The summed E-state index contributed by atoms with van der Waals surface area (Å²) in [5.74, 6) is -0.948. The number of anilines is 1. The van der Waals surface area contributed by atoms with Gasteiger partial charge < -0.3 is 5.32 Å². The Morgan fingerprint density at radius 1 is 0.958 bits per heavy atom. The SMILES string of the molecule is Cc1ccccc1NC1=C(Cl)C(=O)N(Cc2ccc(Cl)cc2)C1=O. The van der Waals surface area contributed by atoms with Gasteiger partial charge in [0.05, 0.1) is 6.54 Å². The van der Waals surface area contributed by atoms with Crippen LogP contribution in [-0.4, -0.2) is 16.7 Å². The molecule has 0 fully saturated rings. The summed E-state index contributed by atoms with van der Waals surface area (Å²) in [6.45, 7) is 2.05. The Bertz CT molecular complexity index is 844. The van der Waals surface area contributed by atoms with Crippen molar-refractivity contribution in [2.24, 2.45) is 0 Å². The number of nitrogens with one attached hydrogen (secondary N) is 1. The third-order valence-corrected chi connectivity index (χ3v) is 4.37. The third-order valence-electron chi connectivity index (χ3n) is 3.77. The molecule has 122 valence electrons. The number of hydrogen-bond donors (Lipinski definition) is 1. The molecular weight excluding hydrogens is 347 g/mol. The van der Waals surface area contributed by atoms with E-state index in [2.05, 4.69) is 5.32 Å². The maximum absolute atomic E-state index is 12.6. The monoisotopic (exact) mass is 360 g/mol. The van der Waals surface area contributed by atoms with Crippen molar-refractivity contribution in [3.8, 4) is 0 Å². The fraction of sp³-hybridized carbons (Fsp3) is 0.111. The van der Waals surface area contributed by atoms with Gasteiger partial charge in [0.2, 0.25) is 0 Å². The van der Waals surface area contributed by atoms with Gasteiger partial charge in [0, 0.05) is 10.7 Å². The van der Waals surface area contributed by atoms with Crippen LogP contribution in [0, 0.1) is 6.92 Å². The fourth-order valence-electron chi connectivity index (χ4n) is 2.42. The molecular formula is C18H14Cl2N2O2. The van der Waals surface area contributed by atoms with E-state index in [0.717, 1.165) is 21.7 Å². The van der Waals surface area contributed by atoms with Gasteiger partial charge in [-0.15, -0.1) is 0 Å². The first-order chi connectivity index (χ1) is 11.5. The van der Waals surface area contributed by atoms with Crippen LogP contribution in [0.25, 0.3) is 0 Å². The summed E-state index contributed by atoms with van der Waals surface area (Å²) in [6, 6.07) is 14.4. The summed E-state index contributed by atoms with van der Waals surface area (Å²) in [7, 11) is 0. The molecule has 0 radical (unpaired) electrons. The molecule has 0 bridgehead atoms. The highest BCUT2D eigenvalue weighted by Gasteiger charge is 2.37. The predicted molar refractivity (Wildman–Crippen MR) is 94.7 cm³/mol. The first kappa shape index (κ1) is 16.6. The molecule has 24 heavy (non-hydrogen) atoms. The molecule has 0 saturated carbocycles. The Morgan fingerprint density at radius 2 is 1.62 bits per heavy atom. The van der Waals surface area contributed by atoms with Crippen molar-refractivity contribution in [1.82, 2.24) is 4.90 Å². The molecule has 1 aliphatic rings. The molecule has 1 aliphatic heterocycles. The minimum atomic E-state index is -0.507. The summed E-state index contributed by atoms with van der Waals surface area (Å²) in [6.07, 6.45) is 0. The van der Waals surface area contributed by atoms with Crippen LogP contribution in [0.4, 0.5) is 5.69 Å². The molecule has 1 heterocycles. The number of amides is 2. The number of carbonyl (C=O) groups is 2. The van der Waals surface area contributed by atoms with E-state index >= 15 is 0 Å². The van der Waals surface area contributed by atoms with Gasteiger partial charge in [-0.1, -0.05) is 53.5 Å². The van der Waals surface area contributed by atoms with E-state index in [4.69, 9.17) is 23.2 Å². The van der Waals surface area contributed by atoms with Crippen LogP contribution in [0.3, 0.4) is 0 Å². The quantitative estimate of drug-likeness (QED) is 0.835. The maximum Gasteiger partial charge on any atom is 0.279 e. The lowest BCUT2D eigenvalue weighted by Crippen LogP contribution is -2.31. The lowest BCUT2D eigenvalue weighted by Gasteiger charge is -2.15. The van der Waals surface area contributed by atoms with Crippen molar-refractivity contribution < 1.29 is 9.59 Å². The van der Waals surface area contributed by atoms with E-state index in [9.17, 15) is 9.59 Å². The first-order valence-corrected chi connectivity index (χ1v) is 8.06. The first-order valence-electron chi connectivity index (χ1n) is 7.30. The largest absolute Gasteiger partial charge is 0.349 e. The topological polar surface area (TPSA) is 49.4 Å². The third kappa shape index (κ3) is 3.16. The lowest BCUT2D eigenvalue weighted by atomic mass is 10.2. The highest BCUT2D eigenvalue weighted by atomic mass is 35.5. The Balaban J connectivity index is 1.82. The van der Waals surface area contributed by atoms with Crippen LogP contribution in [0.2, 0.25) is 5.02 Å². The average Bonchev–Trinajstić information content (AvgIpc) is 2.76. The van der Waals surface area contributed by atoms with E-state index in [-0.39, 0.29) is 17.3 Å². The molecule has 3 rings (SSSR count). The summed E-state index contributed by atoms with van der Waals surface area (Å²) < 4.78 is 0. The number of halogens is 2. The second-order valence-corrected chi connectivity index (χ2v) is 6.27. The van der Waals surface area contributed by atoms with Crippen molar-refractivity contribution in [1.29, 1.82) is 0 Å². The smallest absolute Gasteiger partial charge is 0.279 e. The summed E-state index contributed by atoms with van der Waals surface area (Å²) in [5, 5.41) is 3.47. The Labute approximate surface area is 149 Å². The van der Waals surface area contributed by atoms with Crippen molar-refractivity contribution in [2.75, 3.05) is 5.32 Å². The molecule has 1 N–H and O–H groups in total. The van der Waals surface area contributed by atoms with Crippen LogP contribution in [0.1, 0.15) is 11.1 Å². The van der Waals surface area contributed by atoms with Gasteiger partial charge in [0.1, 0.15) is 10.7 Å². The minimum absolute atomic E-state index is 0.0998. The molecule has 0 aliphatic carbocycles.